The predicted molar refractivity (Wildman–Crippen MR) is 95.1 cm³/mol. The van der Waals surface area contributed by atoms with Crippen LogP contribution in [0.1, 0.15) is 27.6 Å². The summed E-state index contributed by atoms with van der Waals surface area (Å²) >= 11 is 0. The number of ether oxygens (including phenoxy) is 2. The van der Waals surface area contributed by atoms with E-state index >= 15 is 0 Å². The van der Waals surface area contributed by atoms with E-state index in [9.17, 15) is 29.4 Å². The first-order chi connectivity index (χ1) is 13.2. The molecule has 28 heavy (non-hydrogen) atoms. The van der Waals surface area contributed by atoms with Gasteiger partial charge in [-0.15, -0.1) is 0 Å². The number of benzene rings is 1. The van der Waals surface area contributed by atoms with Gasteiger partial charge in [-0.1, -0.05) is 12.1 Å². The lowest BCUT2D eigenvalue weighted by Gasteiger charge is -2.18. The molecule has 0 bridgehead atoms. The quantitative estimate of drug-likeness (QED) is 0.431. The van der Waals surface area contributed by atoms with Crippen LogP contribution < -0.4 is 20.8 Å². The first-order valence-electron chi connectivity index (χ1n) is 7.82. The van der Waals surface area contributed by atoms with Crippen LogP contribution in [0.4, 0.5) is 5.82 Å². The number of aliphatic carboxylic acids is 1. The second kappa shape index (κ2) is 8.12. The van der Waals surface area contributed by atoms with Crippen LogP contribution in [-0.2, 0) is 4.79 Å². The molecule has 11 nitrogen and oxygen atoms in total. The molecule has 1 aromatic carbocycles. The highest BCUT2D eigenvalue weighted by Crippen LogP contribution is 2.41. The number of nitrogens with one attached hydrogen (secondary N) is 1. The summed E-state index contributed by atoms with van der Waals surface area (Å²) in [5.74, 6) is -5.40. The fourth-order valence-corrected chi connectivity index (χ4v) is 2.58. The number of carbonyl (C=O) groups is 3. The molecule has 2 aromatic rings. The Balaban J connectivity index is 2.96. The maximum atomic E-state index is 12.2. The summed E-state index contributed by atoms with van der Waals surface area (Å²) in [5, 5.41) is 27.9. The first-order valence-corrected chi connectivity index (χ1v) is 7.82. The highest BCUT2D eigenvalue weighted by atomic mass is 16.5. The van der Waals surface area contributed by atoms with Gasteiger partial charge in [-0.2, -0.15) is 0 Å². The van der Waals surface area contributed by atoms with Gasteiger partial charge < -0.3 is 35.5 Å². The third-order valence-corrected chi connectivity index (χ3v) is 3.56. The SMILES string of the molecule is CCOc1cccc(-c2c(C(=O)O)c(N)[nH]c(=O)c2C(=O)O)c1OCC(=O)O. The van der Waals surface area contributed by atoms with Crippen LogP contribution in [0.2, 0.25) is 0 Å². The molecule has 0 spiro atoms. The average molecular weight is 392 g/mol. The van der Waals surface area contributed by atoms with Crippen LogP contribution in [0.3, 0.4) is 0 Å². The summed E-state index contributed by atoms with van der Waals surface area (Å²) in [5.41, 5.74) is 2.22. The number of aromatic amines is 1. The molecule has 0 radical (unpaired) electrons. The number of para-hydroxylation sites is 1. The number of anilines is 1. The Morgan fingerprint density at radius 3 is 2.25 bits per heavy atom. The van der Waals surface area contributed by atoms with E-state index in [1.807, 2.05) is 4.98 Å². The minimum absolute atomic E-state index is 0.0350. The Morgan fingerprint density at radius 1 is 1.07 bits per heavy atom. The molecule has 1 aromatic heterocycles. The van der Waals surface area contributed by atoms with Gasteiger partial charge in [0.05, 0.1) is 6.61 Å². The van der Waals surface area contributed by atoms with Crippen molar-refractivity contribution in [2.75, 3.05) is 18.9 Å². The normalized spacial score (nSPS) is 10.3. The zero-order valence-electron chi connectivity index (χ0n) is 14.5. The number of nitrogens with two attached hydrogens (primary N) is 1. The van der Waals surface area contributed by atoms with E-state index in [1.54, 1.807) is 6.92 Å². The monoisotopic (exact) mass is 392 g/mol. The molecule has 0 saturated heterocycles. The van der Waals surface area contributed by atoms with Crippen LogP contribution in [0, 0.1) is 0 Å². The Labute approximate surface area is 156 Å². The standard InChI is InChI=1S/C17H16N2O9/c1-2-27-8-5-3-4-7(13(8)28-6-9(20)21)10-11(16(23)24)14(18)19-15(22)12(10)17(25)26/h3-5H,2,6H2,1H3,(H,20,21)(H,23,24)(H,25,26)(H3,18,19,22). The van der Waals surface area contributed by atoms with Gasteiger partial charge >= 0.3 is 17.9 Å². The van der Waals surface area contributed by atoms with Crippen molar-refractivity contribution >= 4 is 23.7 Å². The maximum Gasteiger partial charge on any atom is 0.342 e. The van der Waals surface area contributed by atoms with Gasteiger partial charge in [0, 0.05) is 11.1 Å². The lowest BCUT2D eigenvalue weighted by atomic mass is 9.94. The van der Waals surface area contributed by atoms with E-state index in [-0.39, 0.29) is 23.7 Å². The third kappa shape index (κ3) is 3.87. The Hall–Kier alpha value is -4.02. The maximum absolute atomic E-state index is 12.2. The molecule has 0 aliphatic carbocycles. The van der Waals surface area contributed by atoms with Gasteiger partial charge in [-0.3, -0.25) is 4.79 Å². The van der Waals surface area contributed by atoms with Crippen molar-refractivity contribution in [2.45, 2.75) is 6.92 Å². The number of hydrogen-bond acceptors (Lipinski definition) is 7. The molecule has 11 heteroatoms. The lowest BCUT2D eigenvalue weighted by molar-refractivity contribution is -0.139. The zero-order valence-corrected chi connectivity index (χ0v) is 14.5. The molecule has 0 amide bonds. The molecular formula is C17H16N2O9. The van der Waals surface area contributed by atoms with Gasteiger partial charge in [0.1, 0.15) is 16.9 Å². The number of aromatic nitrogens is 1. The summed E-state index contributed by atoms with van der Waals surface area (Å²) in [4.78, 5) is 48.5. The largest absolute Gasteiger partial charge is 0.490 e. The molecular weight excluding hydrogens is 376 g/mol. The van der Waals surface area contributed by atoms with Crippen LogP contribution in [-0.4, -0.2) is 51.4 Å². The molecule has 0 fully saturated rings. The van der Waals surface area contributed by atoms with Gasteiger partial charge in [-0.25, -0.2) is 14.4 Å². The van der Waals surface area contributed by atoms with Gasteiger partial charge in [0.15, 0.2) is 18.1 Å². The Kier molecular flexibility index (Phi) is 5.88. The number of carboxylic acids is 3. The number of carboxylic acid groups (broad SMARTS) is 3. The van der Waals surface area contributed by atoms with Crippen LogP contribution in [0.25, 0.3) is 11.1 Å². The molecule has 0 atom stereocenters. The minimum Gasteiger partial charge on any atom is -0.490 e. The average Bonchev–Trinajstić information content (AvgIpc) is 2.59. The topological polar surface area (TPSA) is 189 Å². The minimum atomic E-state index is -1.70. The summed E-state index contributed by atoms with van der Waals surface area (Å²) in [6, 6.07) is 4.09. The highest BCUT2D eigenvalue weighted by molar-refractivity contribution is 6.08. The van der Waals surface area contributed by atoms with E-state index in [2.05, 4.69) is 0 Å². The fraction of sp³-hybridized carbons (Fsp3) is 0.176. The second-order valence-corrected chi connectivity index (χ2v) is 5.35. The predicted octanol–water partition coefficient (Wildman–Crippen LogP) is 0.883. The summed E-state index contributed by atoms with van der Waals surface area (Å²) in [7, 11) is 0. The Bertz CT molecular complexity index is 1010. The molecule has 0 aliphatic rings. The summed E-state index contributed by atoms with van der Waals surface area (Å²) in [6.45, 7) is 0.979. The van der Waals surface area contributed by atoms with Crippen molar-refractivity contribution in [3.05, 3.63) is 39.7 Å². The second-order valence-electron chi connectivity index (χ2n) is 5.35. The van der Waals surface area contributed by atoms with Crippen LogP contribution >= 0.6 is 0 Å². The van der Waals surface area contributed by atoms with E-state index in [0.29, 0.717) is 0 Å². The molecule has 1 heterocycles. The van der Waals surface area contributed by atoms with Crippen molar-refractivity contribution < 1.29 is 39.2 Å². The fourth-order valence-electron chi connectivity index (χ4n) is 2.58. The number of rotatable bonds is 8. The lowest BCUT2D eigenvalue weighted by Crippen LogP contribution is -2.24. The van der Waals surface area contributed by atoms with Crippen molar-refractivity contribution in [1.82, 2.24) is 4.98 Å². The highest BCUT2D eigenvalue weighted by Gasteiger charge is 2.29. The van der Waals surface area contributed by atoms with Gasteiger partial charge in [0.2, 0.25) is 0 Å². The smallest absolute Gasteiger partial charge is 0.342 e. The van der Waals surface area contributed by atoms with Crippen LogP contribution in [0.15, 0.2) is 23.0 Å². The van der Waals surface area contributed by atoms with Crippen molar-refractivity contribution in [2.24, 2.45) is 0 Å². The van der Waals surface area contributed by atoms with E-state index < -0.39 is 52.6 Å². The van der Waals surface area contributed by atoms with Crippen LogP contribution in [0.5, 0.6) is 11.5 Å². The van der Waals surface area contributed by atoms with Gasteiger partial charge in [0.25, 0.3) is 5.56 Å². The molecule has 0 unspecified atom stereocenters. The van der Waals surface area contributed by atoms with E-state index in [4.69, 9.17) is 20.3 Å². The zero-order chi connectivity index (χ0) is 21.0. The number of aromatic carboxylic acids is 2. The molecule has 6 N–H and O–H groups in total. The summed E-state index contributed by atoms with van der Waals surface area (Å²) < 4.78 is 10.6. The van der Waals surface area contributed by atoms with Crippen molar-refractivity contribution in [1.29, 1.82) is 0 Å². The van der Waals surface area contributed by atoms with Crippen molar-refractivity contribution in [3.63, 3.8) is 0 Å². The van der Waals surface area contributed by atoms with E-state index in [0.717, 1.165) is 0 Å². The van der Waals surface area contributed by atoms with Crippen molar-refractivity contribution in [3.8, 4) is 22.6 Å². The molecule has 2 rings (SSSR count). The molecule has 0 aliphatic heterocycles. The Morgan fingerprint density at radius 2 is 1.71 bits per heavy atom. The first kappa shape index (κ1) is 20.3. The number of pyridine rings is 1. The number of nitrogen functional groups attached to an aromatic ring is 1. The van der Waals surface area contributed by atoms with E-state index in [1.165, 1.54) is 18.2 Å². The number of hydrogen-bond donors (Lipinski definition) is 5. The third-order valence-electron chi connectivity index (χ3n) is 3.56. The summed E-state index contributed by atoms with van der Waals surface area (Å²) in [6.07, 6.45) is 0. The molecule has 0 saturated carbocycles. The molecule has 148 valence electrons. The van der Waals surface area contributed by atoms with Gasteiger partial charge in [-0.05, 0) is 13.0 Å². The number of H-pyrrole nitrogens is 1.